The van der Waals surface area contributed by atoms with Crippen molar-refractivity contribution in [2.75, 3.05) is 25.3 Å². The van der Waals surface area contributed by atoms with Crippen LogP contribution in [0.3, 0.4) is 0 Å². The van der Waals surface area contributed by atoms with Crippen LogP contribution in [0.4, 0.5) is 5.69 Å². The molecule has 1 aromatic heterocycles. The maximum Gasteiger partial charge on any atom is 0.248 e. The van der Waals surface area contributed by atoms with Crippen LogP contribution in [0.5, 0.6) is 11.5 Å². The zero-order valence-corrected chi connectivity index (χ0v) is 21.4. The van der Waals surface area contributed by atoms with Crippen molar-refractivity contribution in [1.82, 2.24) is 9.55 Å². The van der Waals surface area contributed by atoms with Crippen LogP contribution in [0.15, 0.2) is 66.7 Å². The molecule has 4 rings (SSSR count). The van der Waals surface area contributed by atoms with Gasteiger partial charge in [0.25, 0.3) is 0 Å². The van der Waals surface area contributed by atoms with E-state index in [0.29, 0.717) is 18.2 Å². The number of aromatic nitrogens is 2. The first kappa shape index (κ1) is 25.3. The summed E-state index contributed by atoms with van der Waals surface area (Å²) in [6.07, 6.45) is 0.821. The van der Waals surface area contributed by atoms with Crippen LogP contribution in [0, 0.1) is 6.92 Å². The predicted molar refractivity (Wildman–Crippen MR) is 142 cm³/mol. The van der Waals surface area contributed by atoms with E-state index in [1.807, 2.05) is 79.1 Å². The number of amides is 1. The molecule has 0 aliphatic heterocycles. The molecule has 0 atom stereocenters. The average molecular weight is 488 g/mol. The molecule has 1 amide bonds. The Morgan fingerprint density at radius 1 is 0.972 bits per heavy atom. The minimum atomic E-state index is -0.0682. The number of aryl methyl sites for hydroxylation is 2. The van der Waals surface area contributed by atoms with Crippen molar-refractivity contribution in [2.24, 2.45) is 0 Å². The molecule has 0 spiro atoms. The van der Waals surface area contributed by atoms with Gasteiger partial charge in [0, 0.05) is 6.61 Å². The molecule has 0 radical (unpaired) electrons. The van der Waals surface area contributed by atoms with Gasteiger partial charge in [-0.25, -0.2) is 4.98 Å². The topological polar surface area (TPSA) is 65.8 Å². The molecule has 3 aromatic carbocycles. The van der Waals surface area contributed by atoms with Crippen LogP contribution >= 0.6 is 0 Å². The molecule has 4 aromatic rings. The van der Waals surface area contributed by atoms with Gasteiger partial charge >= 0.3 is 0 Å². The van der Waals surface area contributed by atoms with Gasteiger partial charge in [-0.1, -0.05) is 37.3 Å². The SMILES string of the molecule is CCOCN(C(=O)Cn1c(COc2ccc(OC)cc2)nc2ccccc21)c1c(C)cccc1CC. The second-order valence-electron chi connectivity index (χ2n) is 8.45. The van der Waals surface area contributed by atoms with Gasteiger partial charge in [-0.15, -0.1) is 0 Å². The lowest BCUT2D eigenvalue weighted by Crippen LogP contribution is -2.37. The molecule has 0 saturated heterocycles. The van der Waals surface area contributed by atoms with Crippen molar-refractivity contribution < 1.29 is 19.0 Å². The smallest absolute Gasteiger partial charge is 0.248 e. The Kier molecular flexibility index (Phi) is 8.23. The summed E-state index contributed by atoms with van der Waals surface area (Å²) in [5, 5.41) is 0. The van der Waals surface area contributed by atoms with Crippen LogP contribution < -0.4 is 14.4 Å². The normalized spacial score (nSPS) is 11.0. The van der Waals surface area contributed by atoms with Gasteiger partial charge in [0.2, 0.25) is 5.91 Å². The molecule has 0 saturated carbocycles. The zero-order valence-electron chi connectivity index (χ0n) is 21.4. The molecule has 7 heteroatoms. The summed E-state index contributed by atoms with van der Waals surface area (Å²) in [7, 11) is 1.63. The van der Waals surface area contributed by atoms with Crippen molar-refractivity contribution in [3.8, 4) is 11.5 Å². The monoisotopic (exact) mass is 487 g/mol. The van der Waals surface area contributed by atoms with E-state index in [0.717, 1.165) is 40.0 Å². The van der Waals surface area contributed by atoms with Crippen LogP contribution in [0.2, 0.25) is 0 Å². The Hall–Kier alpha value is -3.84. The van der Waals surface area contributed by atoms with Crippen LogP contribution in [0.25, 0.3) is 11.0 Å². The van der Waals surface area contributed by atoms with E-state index in [1.165, 1.54) is 0 Å². The third kappa shape index (κ3) is 5.52. The van der Waals surface area contributed by atoms with Crippen molar-refractivity contribution >= 4 is 22.6 Å². The fraction of sp³-hybridized carbons (Fsp3) is 0.310. The largest absolute Gasteiger partial charge is 0.497 e. The molecular formula is C29H33N3O4. The van der Waals surface area contributed by atoms with Crippen molar-refractivity contribution in [3.05, 3.63) is 83.7 Å². The molecule has 0 aliphatic carbocycles. The number of imidazole rings is 1. The highest BCUT2D eigenvalue weighted by Gasteiger charge is 2.23. The molecule has 0 N–H and O–H groups in total. The molecule has 0 aliphatic rings. The van der Waals surface area contributed by atoms with Gasteiger partial charge in [-0.3, -0.25) is 9.69 Å². The Morgan fingerprint density at radius 3 is 2.44 bits per heavy atom. The van der Waals surface area contributed by atoms with Crippen LogP contribution in [0.1, 0.15) is 30.8 Å². The van der Waals surface area contributed by atoms with E-state index in [1.54, 1.807) is 12.0 Å². The Labute approximate surface area is 212 Å². The first-order chi connectivity index (χ1) is 17.5. The van der Waals surface area contributed by atoms with Crippen LogP contribution in [-0.4, -0.2) is 35.9 Å². The number of carbonyl (C=O) groups is 1. The summed E-state index contributed by atoms with van der Waals surface area (Å²) in [5.41, 5.74) is 4.78. The Bertz CT molecular complexity index is 1310. The van der Waals surface area contributed by atoms with E-state index in [9.17, 15) is 4.79 Å². The highest BCUT2D eigenvalue weighted by Crippen LogP contribution is 2.27. The van der Waals surface area contributed by atoms with E-state index >= 15 is 0 Å². The van der Waals surface area contributed by atoms with Crippen molar-refractivity contribution in [2.45, 2.75) is 40.3 Å². The average Bonchev–Trinajstić information content (AvgIpc) is 3.25. The summed E-state index contributed by atoms with van der Waals surface area (Å²) in [5.74, 6) is 2.07. The lowest BCUT2D eigenvalue weighted by atomic mass is 10.0. The Balaban J connectivity index is 1.65. The van der Waals surface area contributed by atoms with Crippen molar-refractivity contribution in [3.63, 3.8) is 0 Å². The molecule has 0 fully saturated rings. The minimum Gasteiger partial charge on any atom is -0.497 e. The van der Waals surface area contributed by atoms with Crippen molar-refractivity contribution in [1.29, 1.82) is 0 Å². The van der Waals surface area contributed by atoms with E-state index in [2.05, 4.69) is 13.0 Å². The van der Waals surface area contributed by atoms with E-state index in [4.69, 9.17) is 19.2 Å². The first-order valence-electron chi connectivity index (χ1n) is 12.2. The predicted octanol–water partition coefficient (Wildman–Crippen LogP) is 5.52. The van der Waals surface area contributed by atoms with Gasteiger partial charge in [-0.05, 0) is 67.8 Å². The fourth-order valence-corrected chi connectivity index (χ4v) is 4.29. The first-order valence-corrected chi connectivity index (χ1v) is 12.2. The number of nitrogens with zero attached hydrogens (tertiary/aromatic N) is 3. The molecule has 1 heterocycles. The van der Waals surface area contributed by atoms with E-state index < -0.39 is 0 Å². The number of fused-ring (bicyclic) bond motifs is 1. The van der Waals surface area contributed by atoms with Gasteiger partial charge < -0.3 is 18.8 Å². The number of ether oxygens (including phenoxy) is 3. The second-order valence-corrected chi connectivity index (χ2v) is 8.45. The summed E-state index contributed by atoms with van der Waals surface area (Å²) < 4.78 is 18.9. The number of hydrogen-bond donors (Lipinski definition) is 0. The lowest BCUT2D eigenvalue weighted by molar-refractivity contribution is -0.120. The van der Waals surface area contributed by atoms with Gasteiger partial charge in [0.15, 0.2) is 0 Å². The summed E-state index contributed by atoms with van der Waals surface area (Å²) in [6, 6.07) is 21.3. The molecule has 7 nitrogen and oxygen atoms in total. The molecule has 0 bridgehead atoms. The maximum absolute atomic E-state index is 13.8. The highest BCUT2D eigenvalue weighted by atomic mass is 16.5. The molecule has 188 valence electrons. The van der Waals surface area contributed by atoms with Crippen LogP contribution in [-0.2, 0) is 29.1 Å². The third-order valence-electron chi connectivity index (χ3n) is 6.15. The number of carbonyl (C=O) groups excluding carboxylic acids is 1. The van der Waals surface area contributed by atoms with Gasteiger partial charge in [0.1, 0.15) is 37.2 Å². The highest BCUT2D eigenvalue weighted by molar-refractivity contribution is 5.95. The lowest BCUT2D eigenvalue weighted by Gasteiger charge is -2.27. The maximum atomic E-state index is 13.8. The minimum absolute atomic E-state index is 0.0682. The second kappa shape index (κ2) is 11.7. The zero-order chi connectivity index (χ0) is 25.5. The summed E-state index contributed by atoms with van der Waals surface area (Å²) in [6.45, 7) is 7.11. The number of para-hydroxylation sites is 3. The Morgan fingerprint density at radius 2 is 1.72 bits per heavy atom. The third-order valence-corrected chi connectivity index (χ3v) is 6.15. The number of rotatable bonds is 11. The number of methoxy groups -OCH3 is 1. The summed E-state index contributed by atoms with van der Waals surface area (Å²) >= 11 is 0. The summed E-state index contributed by atoms with van der Waals surface area (Å²) in [4.78, 5) is 20.3. The standard InChI is InChI=1S/C29H33N3O4/c1-5-22-11-9-10-21(3)29(22)32(20-35-6-2)28(33)18-31-26-13-8-7-12-25(26)30-27(31)19-36-24-16-14-23(34-4)15-17-24/h7-17H,5-6,18-20H2,1-4H3. The van der Waals surface area contributed by atoms with Gasteiger partial charge in [-0.2, -0.15) is 0 Å². The van der Waals surface area contributed by atoms with Gasteiger partial charge in [0.05, 0.1) is 23.8 Å². The molecule has 36 heavy (non-hydrogen) atoms. The fourth-order valence-electron chi connectivity index (χ4n) is 4.29. The number of hydrogen-bond acceptors (Lipinski definition) is 5. The number of benzene rings is 3. The quantitative estimate of drug-likeness (QED) is 0.261. The number of anilines is 1. The van der Waals surface area contributed by atoms with E-state index in [-0.39, 0.29) is 25.8 Å². The molecular weight excluding hydrogens is 454 g/mol. The molecule has 0 unspecified atom stereocenters.